The minimum atomic E-state index is -0.783. The Hall–Kier alpha value is -4.31. The standard InChI is InChI=1S/C30H30ClFN4O5/c1-2-40-28(38)18-41-22-9-11-26(24(16-22)27(37)15-21-8-7-20(31)17-34-21)35-30(39)23-10-6-19(14-25(23)32)29(33)36-12-4-3-5-13-36/h6-11,14,16-17,33H,2-5,12-13,15,18H2,1H3,(H,35,39). The predicted molar refractivity (Wildman–Crippen MR) is 152 cm³/mol. The maximum Gasteiger partial charge on any atom is 0.344 e. The van der Waals surface area contributed by atoms with E-state index in [1.54, 1.807) is 25.1 Å². The Bertz CT molecular complexity index is 1440. The van der Waals surface area contributed by atoms with Crippen LogP contribution in [0.1, 0.15) is 58.2 Å². The van der Waals surface area contributed by atoms with E-state index in [1.165, 1.54) is 36.5 Å². The van der Waals surface area contributed by atoms with Crippen molar-refractivity contribution in [2.75, 3.05) is 31.6 Å². The fraction of sp³-hybridized carbons (Fsp3) is 0.300. The maximum atomic E-state index is 15.1. The molecule has 4 rings (SSSR count). The average Bonchev–Trinajstić information content (AvgIpc) is 2.97. The van der Waals surface area contributed by atoms with E-state index in [4.69, 9.17) is 26.5 Å². The topological polar surface area (TPSA) is 122 Å². The molecule has 2 heterocycles. The molecule has 1 saturated heterocycles. The summed E-state index contributed by atoms with van der Waals surface area (Å²) in [6.07, 6.45) is 4.38. The number of carbonyl (C=O) groups is 3. The Morgan fingerprint density at radius 3 is 2.51 bits per heavy atom. The van der Waals surface area contributed by atoms with Crippen LogP contribution in [0.4, 0.5) is 10.1 Å². The Morgan fingerprint density at radius 2 is 1.83 bits per heavy atom. The number of hydrogen-bond acceptors (Lipinski definition) is 7. The van der Waals surface area contributed by atoms with Gasteiger partial charge in [0.1, 0.15) is 17.4 Å². The van der Waals surface area contributed by atoms with Crippen LogP contribution in [0.2, 0.25) is 5.02 Å². The maximum absolute atomic E-state index is 15.1. The molecular formula is C30H30ClFN4O5. The van der Waals surface area contributed by atoms with Gasteiger partial charge in [-0.2, -0.15) is 0 Å². The van der Waals surface area contributed by atoms with Gasteiger partial charge >= 0.3 is 5.97 Å². The molecule has 9 nitrogen and oxygen atoms in total. The number of amidine groups is 1. The second-order valence-corrected chi connectivity index (χ2v) is 9.85. The van der Waals surface area contributed by atoms with Gasteiger partial charge < -0.3 is 19.7 Å². The molecule has 214 valence electrons. The van der Waals surface area contributed by atoms with Crippen LogP contribution in [0, 0.1) is 11.2 Å². The first-order valence-electron chi connectivity index (χ1n) is 13.3. The van der Waals surface area contributed by atoms with Crippen LogP contribution in [0.25, 0.3) is 0 Å². The van der Waals surface area contributed by atoms with E-state index in [2.05, 4.69) is 10.3 Å². The number of piperidine rings is 1. The van der Waals surface area contributed by atoms with E-state index >= 15 is 4.39 Å². The summed E-state index contributed by atoms with van der Waals surface area (Å²) in [4.78, 5) is 44.2. The fourth-order valence-corrected chi connectivity index (χ4v) is 4.52. The number of halogens is 2. The van der Waals surface area contributed by atoms with E-state index in [9.17, 15) is 14.4 Å². The molecule has 0 radical (unpaired) electrons. The quantitative estimate of drug-likeness (QED) is 0.144. The second kappa shape index (κ2) is 13.8. The van der Waals surface area contributed by atoms with Gasteiger partial charge in [-0.05, 0) is 68.7 Å². The molecule has 0 atom stereocenters. The third kappa shape index (κ3) is 7.88. The van der Waals surface area contributed by atoms with Gasteiger partial charge in [-0.3, -0.25) is 20.0 Å². The van der Waals surface area contributed by atoms with E-state index in [0.717, 1.165) is 32.4 Å². The smallest absolute Gasteiger partial charge is 0.344 e. The summed E-state index contributed by atoms with van der Waals surface area (Å²) in [7, 11) is 0. The van der Waals surface area contributed by atoms with Crippen molar-refractivity contribution in [3.63, 3.8) is 0 Å². The molecule has 1 fully saturated rings. The summed E-state index contributed by atoms with van der Waals surface area (Å²) in [6, 6.07) is 11.6. The SMILES string of the molecule is CCOC(=O)COc1ccc(NC(=O)c2ccc(C(=N)N3CCCCC3)cc2F)c(C(=O)Cc2ccc(Cl)cn2)c1. The van der Waals surface area contributed by atoms with Crippen molar-refractivity contribution < 1.29 is 28.2 Å². The van der Waals surface area contributed by atoms with Crippen LogP contribution in [-0.2, 0) is 16.0 Å². The molecular weight excluding hydrogens is 551 g/mol. The molecule has 1 aliphatic rings. The van der Waals surface area contributed by atoms with Crippen molar-refractivity contribution in [1.82, 2.24) is 9.88 Å². The Labute approximate surface area is 242 Å². The number of likely N-dealkylation sites (tertiary alicyclic amines) is 1. The summed E-state index contributed by atoms with van der Waals surface area (Å²) in [6.45, 7) is 2.99. The minimum Gasteiger partial charge on any atom is -0.482 e. The number of anilines is 1. The van der Waals surface area contributed by atoms with Gasteiger partial charge in [-0.15, -0.1) is 0 Å². The lowest BCUT2D eigenvalue weighted by Crippen LogP contribution is -2.35. The van der Waals surface area contributed by atoms with E-state index in [-0.39, 0.29) is 48.0 Å². The van der Waals surface area contributed by atoms with Crippen molar-refractivity contribution in [1.29, 1.82) is 5.41 Å². The van der Waals surface area contributed by atoms with E-state index in [1.807, 2.05) is 4.90 Å². The molecule has 1 aliphatic heterocycles. The highest BCUT2D eigenvalue weighted by Crippen LogP contribution is 2.26. The Morgan fingerprint density at radius 1 is 1.05 bits per heavy atom. The number of amides is 1. The lowest BCUT2D eigenvalue weighted by Gasteiger charge is -2.29. The lowest BCUT2D eigenvalue weighted by molar-refractivity contribution is -0.145. The van der Waals surface area contributed by atoms with Gasteiger partial charge in [0.2, 0.25) is 0 Å². The van der Waals surface area contributed by atoms with Crippen LogP contribution in [0.15, 0.2) is 54.7 Å². The predicted octanol–water partition coefficient (Wildman–Crippen LogP) is 5.30. The number of benzene rings is 2. The van der Waals surface area contributed by atoms with Gasteiger partial charge in [0.15, 0.2) is 12.4 Å². The third-order valence-corrected chi connectivity index (χ3v) is 6.71. The van der Waals surface area contributed by atoms with Gasteiger partial charge in [-0.25, -0.2) is 9.18 Å². The first-order valence-corrected chi connectivity index (χ1v) is 13.6. The molecule has 0 unspecified atom stereocenters. The molecule has 1 amide bonds. The monoisotopic (exact) mass is 580 g/mol. The number of rotatable bonds is 10. The highest BCUT2D eigenvalue weighted by molar-refractivity contribution is 6.30. The van der Waals surface area contributed by atoms with Crippen molar-refractivity contribution >= 4 is 40.8 Å². The zero-order valence-electron chi connectivity index (χ0n) is 22.5. The van der Waals surface area contributed by atoms with Crippen LogP contribution in [0.3, 0.4) is 0 Å². The number of nitrogens with zero attached hydrogens (tertiary/aromatic N) is 2. The zero-order chi connectivity index (χ0) is 29.4. The first kappa shape index (κ1) is 29.7. The number of aromatic nitrogens is 1. The normalized spacial score (nSPS) is 12.9. The molecule has 3 aromatic rings. The summed E-state index contributed by atoms with van der Waals surface area (Å²) < 4.78 is 25.4. The van der Waals surface area contributed by atoms with Gasteiger partial charge in [-0.1, -0.05) is 17.7 Å². The molecule has 11 heteroatoms. The van der Waals surface area contributed by atoms with Crippen LogP contribution in [-0.4, -0.2) is 59.7 Å². The van der Waals surface area contributed by atoms with Crippen LogP contribution < -0.4 is 10.1 Å². The largest absolute Gasteiger partial charge is 0.482 e. The van der Waals surface area contributed by atoms with Crippen LogP contribution >= 0.6 is 11.6 Å². The van der Waals surface area contributed by atoms with Crippen molar-refractivity contribution in [2.24, 2.45) is 0 Å². The summed E-state index contributed by atoms with van der Waals surface area (Å²) in [5, 5.41) is 11.5. The number of ether oxygens (including phenoxy) is 2. The Kier molecular flexibility index (Phi) is 10.0. The number of ketones is 1. The molecule has 0 bridgehead atoms. The highest BCUT2D eigenvalue weighted by Gasteiger charge is 2.21. The van der Waals surface area contributed by atoms with E-state index < -0.39 is 23.5 Å². The van der Waals surface area contributed by atoms with Crippen molar-refractivity contribution in [3.8, 4) is 5.75 Å². The number of hydrogen-bond donors (Lipinski definition) is 2. The summed E-state index contributed by atoms with van der Waals surface area (Å²) >= 11 is 5.89. The highest BCUT2D eigenvalue weighted by atomic mass is 35.5. The van der Waals surface area contributed by atoms with E-state index in [0.29, 0.717) is 16.3 Å². The van der Waals surface area contributed by atoms with Crippen molar-refractivity contribution in [3.05, 3.63) is 88.0 Å². The zero-order valence-corrected chi connectivity index (χ0v) is 23.3. The molecule has 0 spiro atoms. The number of esters is 1. The molecule has 0 aliphatic carbocycles. The summed E-state index contributed by atoms with van der Waals surface area (Å²) in [5.41, 5.74) is 0.811. The lowest BCUT2D eigenvalue weighted by atomic mass is 10.0. The minimum absolute atomic E-state index is 0.0837. The molecule has 2 N–H and O–H groups in total. The number of Topliss-reactive ketones (excluding diaryl/α,β-unsaturated/α-hetero) is 1. The number of carbonyl (C=O) groups excluding carboxylic acids is 3. The van der Waals surface area contributed by atoms with Gasteiger partial charge in [0, 0.05) is 36.1 Å². The fourth-order valence-electron chi connectivity index (χ4n) is 4.40. The summed E-state index contributed by atoms with van der Waals surface area (Å²) in [5.74, 6) is -2.10. The first-order chi connectivity index (χ1) is 19.7. The van der Waals surface area contributed by atoms with Gasteiger partial charge in [0.25, 0.3) is 5.91 Å². The molecule has 41 heavy (non-hydrogen) atoms. The second-order valence-electron chi connectivity index (χ2n) is 9.41. The van der Waals surface area contributed by atoms with Crippen LogP contribution in [0.5, 0.6) is 5.75 Å². The molecule has 0 saturated carbocycles. The molecule has 1 aromatic heterocycles. The average molecular weight is 581 g/mol. The number of pyridine rings is 1. The molecule has 2 aromatic carbocycles. The van der Waals surface area contributed by atoms with Crippen molar-refractivity contribution in [2.45, 2.75) is 32.6 Å². The van der Waals surface area contributed by atoms with Gasteiger partial charge in [0.05, 0.1) is 29.3 Å². The third-order valence-electron chi connectivity index (χ3n) is 6.49. The Balaban J connectivity index is 1.55. The number of nitrogens with one attached hydrogen (secondary N) is 2.